The maximum atomic E-state index is 12.7. The molecule has 130 valence electrons. The number of aromatic nitrogens is 4. The van der Waals surface area contributed by atoms with Crippen LogP contribution in [0.25, 0.3) is 0 Å². The highest BCUT2D eigenvalue weighted by Gasteiger charge is 2.35. The lowest BCUT2D eigenvalue weighted by atomic mass is 9.99. The van der Waals surface area contributed by atoms with E-state index in [0.29, 0.717) is 37.4 Å². The van der Waals surface area contributed by atoms with Gasteiger partial charge in [-0.1, -0.05) is 0 Å². The van der Waals surface area contributed by atoms with Gasteiger partial charge < -0.3 is 15.2 Å². The molecule has 24 heavy (non-hydrogen) atoms. The van der Waals surface area contributed by atoms with Gasteiger partial charge in [0.25, 0.3) is 0 Å². The second-order valence-corrected chi connectivity index (χ2v) is 5.83. The smallest absolute Gasteiger partial charge is 0.338 e. The number of aryl methyl sites for hydroxylation is 2. The first-order chi connectivity index (χ1) is 11.3. The van der Waals surface area contributed by atoms with Gasteiger partial charge in [-0.15, -0.1) is 0 Å². The minimum absolute atomic E-state index is 0.0624. The summed E-state index contributed by atoms with van der Waals surface area (Å²) in [5.74, 6) is 0.505. The minimum atomic E-state index is -4.43. The van der Waals surface area contributed by atoms with E-state index in [1.807, 2.05) is 0 Å². The van der Waals surface area contributed by atoms with Gasteiger partial charge in [0.15, 0.2) is 5.69 Å². The van der Waals surface area contributed by atoms with Crippen molar-refractivity contribution >= 4 is 11.7 Å². The number of nitrogens with one attached hydrogen (secondary N) is 2. The van der Waals surface area contributed by atoms with Gasteiger partial charge in [0.1, 0.15) is 5.82 Å². The van der Waals surface area contributed by atoms with Crippen molar-refractivity contribution in [3.05, 3.63) is 30.1 Å². The van der Waals surface area contributed by atoms with E-state index in [1.54, 1.807) is 17.9 Å². The summed E-state index contributed by atoms with van der Waals surface area (Å²) >= 11 is 0. The van der Waals surface area contributed by atoms with Gasteiger partial charge in [0, 0.05) is 39.0 Å². The van der Waals surface area contributed by atoms with Crippen molar-refractivity contribution in [3.63, 3.8) is 0 Å². The first-order valence-electron chi connectivity index (χ1n) is 7.48. The number of amides is 2. The number of hydrogen-bond donors (Lipinski definition) is 2. The predicted molar refractivity (Wildman–Crippen MR) is 79.3 cm³/mol. The summed E-state index contributed by atoms with van der Waals surface area (Å²) in [4.78, 5) is 15.5. The topological polar surface area (TPSA) is 76.8 Å². The van der Waals surface area contributed by atoms with E-state index in [0.717, 1.165) is 6.20 Å². The molecule has 1 aliphatic heterocycles. The first kappa shape index (κ1) is 16.3. The van der Waals surface area contributed by atoms with Gasteiger partial charge in [-0.05, 0) is 12.3 Å². The number of imidazole rings is 1. The molecule has 0 saturated heterocycles. The second kappa shape index (κ2) is 6.17. The molecule has 3 rings (SSSR count). The minimum Gasteiger partial charge on any atom is -0.338 e. The highest BCUT2D eigenvalue weighted by molar-refractivity contribution is 5.88. The third-order valence-corrected chi connectivity index (χ3v) is 3.89. The third kappa shape index (κ3) is 3.69. The van der Waals surface area contributed by atoms with Crippen molar-refractivity contribution in [2.75, 3.05) is 11.9 Å². The van der Waals surface area contributed by atoms with E-state index in [1.165, 1.54) is 10.8 Å². The molecule has 2 aromatic rings. The molecule has 0 radical (unpaired) electrons. The number of carbonyl (C=O) groups is 1. The number of anilines is 1. The largest absolute Gasteiger partial charge is 0.434 e. The van der Waals surface area contributed by atoms with Crippen molar-refractivity contribution in [1.82, 2.24) is 24.6 Å². The third-order valence-electron chi connectivity index (χ3n) is 3.89. The zero-order valence-electron chi connectivity index (χ0n) is 13.0. The van der Waals surface area contributed by atoms with Crippen LogP contribution in [0.4, 0.5) is 23.7 Å². The lowest BCUT2D eigenvalue weighted by Crippen LogP contribution is -2.36. The van der Waals surface area contributed by atoms with E-state index < -0.39 is 11.9 Å². The number of rotatable bonds is 3. The van der Waals surface area contributed by atoms with Crippen LogP contribution in [0.5, 0.6) is 0 Å². The Kier molecular flexibility index (Phi) is 4.20. The quantitative estimate of drug-likeness (QED) is 0.896. The Morgan fingerprint density at radius 3 is 2.88 bits per heavy atom. The van der Waals surface area contributed by atoms with Crippen LogP contribution >= 0.6 is 0 Å². The van der Waals surface area contributed by atoms with Crippen molar-refractivity contribution in [2.24, 2.45) is 13.0 Å². The van der Waals surface area contributed by atoms with E-state index in [2.05, 4.69) is 20.7 Å². The molecule has 1 atom stereocenters. The van der Waals surface area contributed by atoms with Crippen LogP contribution in [0.15, 0.2) is 18.6 Å². The van der Waals surface area contributed by atoms with Gasteiger partial charge in [0.05, 0.1) is 11.9 Å². The van der Waals surface area contributed by atoms with E-state index in [9.17, 15) is 18.0 Å². The second-order valence-electron chi connectivity index (χ2n) is 5.83. The van der Waals surface area contributed by atoms with Gasteiger partial charge in [-0.25, -0.2) is 9.78 Å². The molecule has 10 heteroatoms. The Morgan fingerprint density at radius 2 is 2.21 bits per heavy atom. The van der Waals surface area contributed by atoms with Crippen LogP contribution in [-0.2, 0) is 26.2 Å². The zero-order valence-corrected chi connectivity index (χ0v) is 13.0. The highest BCUT2D eigenvalue weighted by Crippen LogP contribution is 2.30. The monoisotopic (exact) mass is 342 g/mol. The summed E-state index contributed by atoms with van der Waals surface area (Å²) in [6, 6.07) is -0.365. The van der Waals surface area contributed by atoms with Crippen LogP contribution in [-0.4, -0.2) is 31.9 Å². The van der Waals surface area contributed by atoms with E-state index in [-0.39, 0.29) is 11.9 Å². The number of halogens is 3. The van der Waals surface area contributed by atoms with Crippen LogP contribution in [0, 0.1) is 5.92 Å². The molecule has 3 heterocycles. The summed E-state index contributed by atoms with van der Waals surface area (Å²) in [5, 5.41) is 9.32. The molecule has 2 aromatic heterocycles. The number of nitrogens with zero attached hydrogens (tertiary/aromatic N) is 4. The number of fused-ring (bicyclic) bond motifs is 1. The SMILES string of the molecule is Cn1cc(NC(=O)NC[C@H]2CCc3nc(C(F)(F)F)cn3C2)cn1. The fourth-order valence-electron chi connectivity index (χ4n) is 2.72. The van der Waals surface area contributed by atoms with Crippen LogP contribution < -0.4 is 10.6 Å². The molecule has 2 N–H and O–H groups in total. The Morgan fingerprint density at radius 1 is 1.42 bits per heavy atom. The molecule has 7 nitrogen and oxygen atoms in total. The first-order valence-corrected chi connectivity index (χ1v) is 7.48. The van der Waals surface area contributed by atoms with Gasteiger partial charge >= 0.3 is 12.2 Å². The maximum Gasteiger partial charge on any atom is 0.434 e. The van der Waals surface area contributed by atoms with Gasteiger partial charge in [0.2, 0.25) is 0 Å². The maximum absolute atomic E-state index is 12.7. The Hall–Kier alpha value is -2.52. The van der Waals surface area contributed by atoms with Crippen LogP contribution in [0.3, 0.4) is 0 Å². The molecular weight excluding hydrogens is 325 g/mol. The molecule has 0 bridgehead atoms. The molecule has 0 saturated carbocycles. The molecule has 0 aromatic carbocycles. The zero-order chi connectivity index (χ0) is 17.3. The average molecular weight is 342 g/mol. The normalized spacial score (nSPS) is 17.4. The average Bonchev–Trinajstić information content (AvgIpc) is 3.10. The summed E-state index contributed by atoms with van der Waals surface area (Å²) in [7, 11) is 1.74. The molecule has 0 unspecified atom stereocenters. The molecule has 1 aliphatic rings. The number of alkyl halides is 3. The van der Waals surface area contributed by atoms with E-state index >= 15 is 0 Å². The Bertz CT molecular complexity index is 735. The summed E-state index contributed by atoms with van der Waals surface area (Å²) < 4.78 is 41.1. The molecule has 2 amide bonds. The van der Waals surface area contributed by atoms with Crippen molar-refractivity contribution < 1.29 is 18.0 Å². The Labute approximate surface area is 135 Å². The van der Waals surface area contributed by atoms with Crippen molar-refractivity contribution in [1.29, 1.82) is 0 Å². The lowest BCUT2D eigenvalue weighted by Gasteiger charge is -2.23. The van der Waals surface area contributed by atoms with Gasteiger partial charge in [-0.3, -0.25) is 4.68 Å². The summed E-state index contributed by atoms with van der Waals surface area (Å²) in [6.07, 6.45) is 0.945. The number of carbonyl (C=O) groups excluding carboxylic acids is 1. The highest BCUT2D eigenvalue weighted by atomic mass is 19.4. The van der Waals surface area contributed by atoms with Crippen molar-refractivity contribution in [2.45, 2.75) is 25.6 Å². The van der Waals surface area contributed by atoms with Gasteiger partial charge in [-0.2, -0.15) is 18.3 Å². The van der Waals surface area contributed by atoms with E-state index in [4.69, 9.17) is 0 Å². The molecule has 0 fully saturated rings. The fraction of sp³-hybridized carbons (Fsp3) is 0.500. The molecule has 0 aliphatic carbocycles. The number of hydrogen-bond acceptors (Lipinski definition) is 3. The summed E-state index contributed by atoms with van der Waals surface area (Å²) in [6.45, 7) is 0.788. The fourth-order valence-corrected chi connectivity index (χ4v) is 2.72. The molecular formula is C14H17F3N6O. The lowest BCUT2D eigenvalue weighted by molar-refractivity contribution is -0.141. The standard InChI is InChI=1S/C14H17F3N6O/c1-22-7-10(5-19-22)20-13(24)18-4-9-2-3-12-21-11(14(15,16)17)8-23(12)6-9/h5,7-9H,2-4,6H2,1H3,(H2,18,20,24)/t9-/m1/s1. The summed E-state index contributed by atoms with van der Waals surface area (Å²) in [5.41, 5.74) is -0.286. The molecule has 0 spiro atoms. The predicted octanol–water partition coefficient (Wildman–Crippen LogP) is 2.02. The van der Waals surface area contributed by atoms with Crippen LogP contribution in [0.2, 0.25) is 0 Å². The van der Waals surface area contributed by atoms with Crippen molar-refractivity contribution in [3.8, 4) is 0 Å². The Balaban J connectivity index is 1.52. The number of urea groups is 1. The van der Waals surface area contributed by atoms with Crippen LogP contribution in [0.1, 0.15) is 17.9 Å².